The van der Waals surface area contributed by atoms with Crippen molar-refractivity contribution >= 4 is 0 Å². The van der Waals surface area contributed by atoms with Gasteiger partial charge in [-0.25, -0.2) is 0 Å². The van der Waals surface area contributed by atoms with Crippen LogP contribution in [-0.2, 0) is 0 Å². The SMILES string of the molecule is C=CCC1=[C]C(CC=C)C(CC=C)=C1. The molecular formula is C14H17. The quantitative estimate of drug-likeness (QED) is 0.549. The van der Waals surface area contributed by atoms with Crippen LogP contribution in [0.2, 0.25) is 0 Å². The van der Waals surface area contributed by atoms with Crippen LogP contribution >= 0.6 is 0 Å². The van der Waals surface area contributed by atoms with Gasteiger partial charge in [0.25, 0.3) is 0 Å². The molecule has 1 aliphatic rings. The average molecular weight is 185 g/mol. The Labute approximate surface area is 87.0 Å². The van der Waals surface area contributed by atoms with E-state index >= 15 is 0 Å². The molecule has 0 heterocycles. The van der Waals surface area contributed by atoms with Gasteiger partial charge in [-0.1, -0.05) is 29.9 Å². The van der Waals surface area contributed by atoms with Crippen LogP contribution in [0.25, 0.3) is 0 Å². The van der Waals surface area contributed by atoms with Crippen LogP contribution in [0, 0.1) is 12.0 Å². The molecule has 0 aromatic carbocycles. The van der Waals surface area contributed by atoms with Crippen LogP contribution in [0.5, 0.6) is 0 Å². The van der Waals surface area contributed by atoms with Gasteiger partial charge in [-0.3, -0.25) is 0 Å². The molecule has 0 aromatic heterocycles. The van der Waals surface area contributed by atoms with E-state index in [1.54, 1.807) is 0 Å². The van der Waals surface area contributed by atoms with Gasteiger partial charge >= 0.3 is 0 Å². The second kappa shape index (κ2) is 5.43. The minimum Gasteiger partial charge on any atom is -0.103 e. The van der Waals surface area contributed by atoms with Crippen molar-refractivity contribution in [1.29, 1.82) is 0 Å². The fraction of sp³-hybridized carbons (Fsp3) is 0.286. The van der Waals surface area contributed by atoms with Crippen molar-refractivity contribution in [2.75, 3.05) is 0 Å². The highest BCUT2D eigenvalue weighted by Crippen LogP contribution is 2.30. The van der Waals surface area contributed by atoms with E-state index in [1.165, 1.54) is 11.1 Å². The summed E-state index contributed by atoms with van der Waals surface area (Å²) < 4.78 is 0. The van der Waals surface area contributed by atoms with Crippen molar-refractivity contribution in [3.05, 3.63) is 61.3 Å². The zero-order chi connectivity index (χ0) is 10.4. The van der Waals surface area contributed by atoms with E-state index in [0.29, 0.717) is 5.92 Å². The molecule has 1 unspecified atom stereocenters. The molecule has 0 spiro atoms. The number of hydrogen-bond acceptors (Lipinski definition) is 0. The minimum atomic E-state index is 0.417. The maximum atomic E-state index is 3.77. The van der Waals surface area contributed by atoms with Crippen LogP contribution in [0.1, 0.15) is 19.3 Å². The topological polar surface area (TPSA) is 0 Å². The standard InChI is InChI=1S/C14H17/c1-4-7-12-10-13(8-5-2)14(11-12)9-6-3/h4-6,10,14H,1-3,7-9H2. The Morgan fingerprint density at radius 2 is 1.86 bits per heavy atom. The van der Waals surface area contributed by atoms with E-state index in [9.17, 15) is 0 Å². The molecule has 0 bridgehead atoms. The van der Waals surface area contributed by atoms with Gasteiger partial charge in [0, 0.05) is 5.92 Å². The van der Waals surface area contributed by atoms with Gasteiger partial charge in [-0.15, -0.1) is 19.7 Å². The molecule has 14 heavy (non-hydrogen) atoms. The van der Waals surface area contributed by atoms with E-state index in [1.807, 2.05) is 18.2 Å². The first kappa shape index (κ1) is 10.8. The first-order valence-corrected chi connectivity index (χ1v) is 4.97. The second-order valence-electron chi connectivity index (χ2n) is 3.45. The fourth-order valence-corrected chi connectivity index (χ4v) is 1.70. The normalized spacial score (nSPS) is 19.9. The van der Waals surface area contributed by atoms with Gasteiger partial charge in [0.2, 0.25) is 0 Å². The summed E-state index contributed by atoms with van der Waals surface area (Å²) >= 11 is 0. The summed E-state index contributed by atoms with van der Waals surface area (Å²) in [5, 5.41) is 0. The molecule has 0 N–H and O–H groups in total. The Hall–Kier alpha value is -1.30. The lowest BCUT2D eigenvalue weighted by molar-refractivity contribution is 0.749. The third kappa shape index (κ3) is 2.59. The molecule has 1 rings (SSSR count). The van der Waals surface area contributed by atoms with Crippen LogP contribution in [0.4, 0.5) is 0 Å². The zero-order valence-corrected chi connectivity index (χ0v) is 8.63. The molecule has 0 aromatic rings. The summed E-state index contributed by atoms with van der Waals surface area (Å²) in [6, 6.07) is 0. The summed E-state index contributed by atoms with van der Waals surface area (Å²) in [5.74, 6) is 0.417. The molecule has 0 heteroatoms. The van der Waals surface area contributed by atoms with E-state index < -0.39 is 0 Å². The average Bonchev–Trinajstić information content (AvgIpc) is 2.50. The van der Waals surface area contributed by atoms with Gasteiger partial charge in [0.15, 0.2) is 0 Å². The van der Waals surface area contributed by atoms with Crippen molar-refractivity contribution in [2.24, 2.45) is 5.92 Å². The lowest BCUT2D eigenvalue weighted by Gasteiger charge is -2.07. The first-order valence-electron chi connectivity index (χ1n) is 4.97. The lowest BCUT2D eigenvalue weighted by Crippen LogP contribution is -1.95. The molecule has 0 saturated heterocycles. The van der Waals surface area contributed by atoms with Gasteiger partial charge in [-0.2, -0.15) is 0 Å². The number of hydrogen-bond donors (Lipinski definition) is 0. The van der Waals surface area contributed by atoms with Crippen molar-refractivity contribution in [3.63, 3.8) is 0 Å². The molecule has 0 nitrogen and oxygen atoms in total. The molecule has 0 saturated carbocycles. The second-order valence-corrected chi connectivity index (χ2v) is 3.45. The molecule has 0 aliphatic heterocycles. The summed E-state index contributed by atoms with van der Waals surface area (Å²) in [5.41, 5.74) is 2.65. The Kier molecular flexibility index (Phi) is 4.18. The number of rotatable bonds is 6. The highest BCUT2D eigenvalue weighted by molar-refractivity contribution is 5.35. The van der Waals surface area contributed by atoms with E-state index in [-0.39, 0.29) is 0 Å². The minimum absolute atomic E-state index is 0.417. The maximum Gasteiger partial charge on any atom is 0.00947 e. The molecule has 0 fully saturated rings. The van der Waals surface area contributed by atoms with Crippen LogP contribution < -0.4 is 0 Å². The van der Waals surface area contributed by atoms with Gasteiger partial charge < -0.3 is 0 Å². The monoisotopic (exact) mass is 185 g/mol. The molecule has 1 atom stereocenters. The predicted molar refractivity (Wildman–Crippen MR) is 62.8 cm³/mol. The lowest BCUT2D eigenvalue weighted by atomic mass is 9.97. The maximum absolute atomic E-state index is 3.77. The van der Waals surface area contributed by atoms with E-state index in [2.05, 4.69) is 31.9 Å². The third-order valence-electron chi connectivity index (χ3n) is 2.31. The summed E-state index contributed by atoms with van der Waals surface area (Å²) in [7, 11) is 0. The van der Waals surface area contributed by atoms with E-state index in [4.69, 9.17) is 0 Å². The van der Waals surface area contributed by atoms with Crippen molar-refractivity contribution in [2.45, 2.75) is 19.3 Å². The first-order chi connectivity index (χ1) is 6.81. The Morgan fingerprint density at radius 1 is 1.14 bits per heavy atom. The van der Waals surface area contributed by atoms with Crippen LogP contribution in [0.3, 0.4) is 0 Å². The largest absolute Gasteiger partial charge is 0.103 e. The van der Waals surface area contributed by atoms with Gasteiger partial charge in [0.05, 0.1) is 0 Å². The molecule has 73 valence electrons. The van der Waals surface area contributed by atoms with Crippen molar-refractivity contribution in [1.82, 2.24) is 0 Å². The fourth-order valence-electron chi connectivity index (χ4n) is 1.70. The van der Waals surface area contributed by atoms with Gasteiger partial charge in [-0.05, 0) is 30.9 Å². The zero-order valence-electron chi connectivity index (χ0n) is 8.63. The summed E-state index contributed by atoms with van der Waals surface area (Å²) in [4.78, 5) is 0. The Bertz CT molecular complexity index is 289. The highest BCUT2D eigenvalue weighted by Gasteiger charge is 2.16. The predicted octanol–water partition coefficient (Wildman–Crippen LogP) is 4.00. The molecule has 1 aliphatic carbocycles. The van der Waals surface area contributed by atoms with Crippen LogP contribution in [0.15, 0.2) is 55.2 Å². The molecule has 0 amide bonds. The number of allylic oxidation sites excluding steroid dienone is 7. The Morgan fingerprint density at radius 3 is 2.43 bits per heavy atom. The smallest absolute Gasteiger partial charge is 0.00947 e. The summed E-state index contributed by atoms with van der Waals surface area (Å²) in [6.07, 6.45) is 14.3. The molecular weight excluding hydrogens is 168 g/mol. The van der Waals surface area contributed by atoms with Crippen LogP contribution in [-0.4, -0.2) is 0 Å². The Balaban J connectivity index is 2.72. The van der Waals surface area contributed by atoms with E-state index in [0.717, 1.165) is 19.3 Å². The van der Waals surface area contributed by atoms with Gasteiger partial charge in [0.1, 0.15) is 0 Å². The third-order valence-corrected chi connectivity index (χ3v) is 2.31. The van der Waals surface area contributed by atoms with Crippen molar-refractivity contribution < 1.29 is 0 Å². The summed E-state index contributed by atoms with van der Waals surface area (Å²) in [6.45, 7) is 11.3. The van der Waals surface area contributed by atoms with Crippen molar-refractivity contribution in [3.8, 4) is 0 Å². The molecule has 1 radical (unpaired) electrons. The highest BCUT2D eigenvalue weighted by atomic mass is 14.2.